The van der Waals surface area contributed by atoms with Crippen LogP contribution in [0.25, 0.3) is 4.96 Å². The van der Waals surface area contributed by atoms with Crippen LogP contribution in [-0.2, 0) is 6.54 Å². The molecular formula is C16H15N3O2S. The van der Waals surface area contributed by atoms with Gasteiger partial charge in [-0.25, -0.2) is 4.98 Å². The Kier molecular flexibility index (Phi) is 3.77. The number of fused-ring (bicyclic) bond motifs is 1. The number of aryl methyl sites for hydroxylation is 1. The van der Waals surface area contributed by atoms with Gasteiger partial charge in [-0.2, -0.15) is 0 Å². The van der Waals surface area contributed by atoms with Crippen molar-refractivity contribution in [3.05, 3.63) is 69.1 Å². The smallest absolute Gasteiger partial charge is 0.271 e. The van der Waals surface area contributed by atoms with E-state index in [9.17, 15) is 9.59 Å². The van der Waals surface area contributed by atoms with Crippen molar-refractivity contribution in [1.82, 2.24) is 14.3 Å². The Hall–Kier alpha value is -2.47. The number of amides is 1. The second-order valence-electron chi connectivity index (χ2n) is 5.12. The maximum Gasteiger partial charge on any atom is 0.271 e. The van der Waals surface area contributed by atoms with Gasteiger partial charge in [0.1, 0.15) is 5.56 Å². The van der Waals surface area contributed by atoms with Crippen LogP contribution in [0.2, 0.25) is 0 Å². The fraction of sp³-hybridized carbons (Fsp3) is 0.188. The third-order valence-corrected chi connectivity index (χ3v) is 4.41. The van der Waals surface area contributed by atoms with Crippen LogP contribution >= 0.6 is 11.3 Å². The maximum absolute atomic E-state index is 12.5. The van der Waals surface area contributed by atoms with Gasteiger partial charge in [0.15, 0.2) is 4.96 Å². The van der Waals surface area contributed by atoms with Crippen molar-refractivity contribution in [1.29, 1.82) is 0 Å². The van der Waals surface area contributed by atoms with Crippen molar-refractivity contribution in [2.45, 2.75) is 13.5 Å². The molecule has 0 radical (unpaired) electrons. The first kappa shape index (κ1) is 14.5. The van der Waals surface area contributed by atoms with Crippen molar-refractivity contribution in [3.63, 3.8) is 0 Å². The molecule has 0 saturated carbocycles. The summed E-state index contributed by atoms with van der Waals surface area (Å²) in [5, 5.41) is 1.85. The number of benzene rings is 1. The monoisotopic (exact) mass is 313 g/mol. The zero-order valence-corrected chi connectivity index (χ0v) is 13.1. The molecule has 6 heteroatoms. The van der Waals surface area contributed by atoms with Gasteiger partial charge in [0.05, 0.1) is 0 Å². The first-order valence-electron chi connectivity index (χ1n) is 6.83. The fourth-order valence-electron chi connectivity index (χ4n) is 2.31. The molecule has 0 fully saturated rings. The van der Waals surface area contributed by atoms with E-state index in [1.54, 1.807) is 7.05 Å². The van der Waals surface area contributed by atoms with Gasteiger partial charge in [0, 0.05) is 30.9 Å². The van der Waals surface area contributed by atoms with Crippen LogP contribution in [0.5, 0.6) is 0 Å². The van der Waals surface area contributed by atoms with Crippen molar-refractivity contribution in [2.75, 3.05) is 7.05 Å². The van der Waals surface area contributed by atoms with E-state index in [2.05, 4.69) is 4.98 Å². The van der Waals surface area contributed by atoms with Gasteiger partial charge in [-0.3, -0.25) is 14.0 Å². The van der Waals surface area contributed by atoms with Crippen molar-refractivity contribution >= 4 is 22.2 Å². The van der Waals surface area contributed by atoms with E-state index >= 15 is 0 Å². The minimum Gasteiger partial charge on any atom is -0.337 e. The highest BCUT2D eigenvalue weighted by Crippen LogP contribution is 2.12. The summed E-state index contributed by atoms with van der Waals surface area (Å²) in [6, 6.07) is 9.66. The van der Waals surface area contributed by atoms with Gasteiger partial charge < -0.3 is 4.90 Å². The van der Waals surface area contributed by atoms with Gasteiger partial charge in [-0.05, 0) is 12.5 Å². The zero-order valence-electron chi connectivity index (χ0n) is 12.3. The van der Waals surface area contributed by atoms with Crippen LogP contribution < -0.4 is 5.56 Å². The van der Waals surface area contributed by atoms with Gasteiger partial charge in [0.25, 0.3) is 11.5 Å². The van der Waals surface area contributed by atoms with E-state index in [-0.39, 0.29) is 17.0 Å². The molecule has 0 aliphatic rings. The molecule has 0 aliphatic heterocycles. The first-order valence-corrected chi connectivity index (χ1v) is 7.71. The van der Waals surface area contributed by atoms with E-state index in [1.165, 1.54) is 26.8 Å². The predicted octanol–water partition coefficient (Wildman–Crippen LogP) is 2.34. The number of thiazole rings is 1. The second kappa shape index (κ2) is 5.73. The Morgan fingerprint density at radius 3 is 2.77 bits per heavy atom. The molecule has 1 amide bonds. The summed E-state index contributed by atoms with van der Waals surface area (Å²) in [5.74, 6) is -0.318. The van der Waals surface area contributed by atoms with Crippen LogP contribution in [0.4, 0.5) is 0 Å². The Balaban J connectivity index is 1.93. The molecule has 0 unspecified atom stereocenters. The molecule has 2 aromatic heterocycles. The molecule has 5 nitrogen and oxygen atoms in total. The number of nitrogens with zero attached hydrogens (tertiary/aromatic N) is 3. The molecular weight excluding hydrogens is 298 g/mol. The lowest BCUT2D eigenvalue weighted by Crippen LogP contribution is -2.33. The molecule has 2 heterocycles. The van der Waals surface area contributed by atoms with Crippen molar-refractivity contribution in [3.8, 4) is 0 Å². The van der Waals surface area contributed by atoms with Crippen LogP contribution in [-0.4, -0.2) is 27.2 Å². The Bertz CT molecular complexity index is 883. The largest absolute Gasteiger partial charge is 0.337 e. The molecule has 0 saturated heterocycles. The third kappa shape index (κ3) is 2.53. The van der Waals surface area contributed by atoms with Crippen LogP contribution in [0.1, 0.15) is 21.6 Å². The van der Waals surface area contributed by atoms with E-state index in [0.717, 1.165) is 11.3 Å². The maximum atomic E-state index is 12.5. The summed E-state index contributed by atoms with van der Waals surface area (Å²) >= 11 is 1.39. The Labute approximate surface area is 131 Å². The highest BCUT2D eigenvalue weighted by Gasteiger charge is 2.18. The molecule has 0 aliphatic carbocycles. The molecule has 0 atom stereocenters. The number of carbonyl (C=O) groups excluding carboxylic acids is 1. The quantitative estimate of drug-likeness (QED) is 0.746. The fourth-order valence-corrected chi connectivity index (χ4v) is 3.13. The molecule has 112 valence electrons. The molecule has 1 aromatic carbocycles. The van der Waals surface area contributed by atoms with Gasteiger partial charge in [0.2, 0.25) is 0 Å². The Morgan fingerprint density at radius 1 is 1.32 bits per heavy atom. The summed E-state index contributed by atoms with van der Waals surface area (Å²) < 4.78 is 1.48. The predicted molar refractivity (Wildman–Crippen MR) is 86.3 cm³/mol. The third-order valence-electron chi connectivity index (χ3n) is 3.46. The summed E-state index contributed by atoms with van der Waals surface area (Å²) in [6.07, 6.45) is 1.37. The Morgan fingerprint density at radius 2 is 2.05 bits per heavy atom. The van der Waals surface area contributed by atoms with Gasteiger partial charge in [-0.15, -0.1) is 11.3 Å². The molecule has 0 bridgehead atoms. The minimum absolute atomic E-state index is 0.0948. The molecule has 0 spiro atoms. The molecule has 0 N–H and O–H groups in total. The average Bonchev–Trinajstić information content (AvgIpc) is 2.90. The molecule has 22 heavy (non-hydrogen) atoms. The van der Waals surface area contributed by atoms with E-state index in [4.69, 9.17) is 0 Å². The average molecular weight is 313 g/mol. The van der Waals surface area contributed by atoms with E-state index in [1.807, 2.05) is 42.6 Å². The van der Waals surface area contributed by atoms with Crippen LogP contribution in [0.3, 0.4) is 0 Å². The summed E-state index contributed by atoms with van der Waals surface area (Å²) in [4.78, 5) is 31.4. The van der Waals surface area contributed by atoms with Gasteiger partial charge in [-0.1, -0.05) is 30.3 Å². The van der Waals surface area contributed by atoms with Gasteiger partial charge >= 0.3 is 0 Å². The van der Waals surface area contributed by atoms with Crippen LogP contribution in [0.15, 0.2) is 46.7 Å². The minimum atomic E-state index is -0.318. The lowest BCUT2D eigenvalue weighted by Gasteiger charge is -2.16. The highest BCUT2D eigenvalue weighted by molar-refractivity contribution is 7.15. The second-order valence-corrected chi connectivity index (χ2v) is 5.96. The number of hydrogen-bond donors (Lipinski definition) is 0. The van der Waals surface area contributed by atoms with E-state index < -0.39 is 0 Å². The van der Waals surface area contributed by atoms with Crippen molar-refractivity contribution < 1.29 is 4.79 Å². The molecule has 3 rings (SSSR count). The van der Waals surface area contributed by atoms with Crippen LogP contribution in [0, 0.1) is 6.92 Å². The highest BCUT2D eigenvalue weighted by atomic mass is 32.1. The lowest BCUT2D eigenvalue weighted by molar-refractivity contribution is 0.0782. The topological polar surface area (TPSA) is 54.7 Å². The first-order chi connectivity index (χ1) is 10.6. The summed E-state index contributed by atoms with van der Waals surface area (Å²) in [7, 11) is 1.68. The number of hydrogen-bond acceptors (Lipinski definition) is 4. The SMILES string of the molecule is Cc1csc2ncc(C(=O)N(C)Cc3ccccc3)c(=O)n12. The summed E-state index contributed by atoms with van der Waals surface area (Å²) in [5.41, 5.74) is 1.59. The van der Waals surface area contributed by atoms with Crippen molar-refractivity contribution in [2.24, 2.45) is 0 Å². The normalized spacial score (nSPS) is 10.8. The summed E-state index contributed by atoms with van der Waals surface area (Å²) in [6.45, 7) is 2.28. The number of rotatable bonds is 3. The molecule has 3 aromatic rings. The lowest BCUT2D eigenvalue weighted by atomic mass is 10.2. The standard InChI is InChI=1S/C16H15N3O2S/c1-11-10-22-16-17-8-13(15(21)19(11)16)14(20)18(2)9-12-6-4-3-5-7-12/h3-8,10H,9H2,1-2H3. The zero-order chi connectivity index (χ0) is 15.7. The number of aromatic nitrogens is 2. The number of carbonyl (C=O) groups is 1. The van der Waals surface area contributed by atoms with E-state index in [0.29, 0.717) is 11.5 Å².